The van der Waals surface area contributed by atoms with Gasteiger partial charge in [-0.25, -0.2) is 31.9 Å². The molecule has 2 N–H and O–H groups in total. The van der Waals surface area contributed by atoms with E-state index in [0.717, 1.165) is 6.07 Å². The second-order valence-corrected chi connectivity index (χ2v) is 9.02. The normalized spacial score (nSPS) is 19.0. The Bertz CT molecular complexity index is 1100. The number of aromatic nitrogens is 2. The molecule has 0 bridgehead atoms. The lowest BCUT2D eigenvalue weighted by Crippen LogP contribution is -2.60. The predicted octanol–water partition coefficient (Wildman–Crippen LogP) is 4.37. The highest BCUT2D eigenvalue weighted by atomic mass is 19.3. The highest BCUT2D eigenvalue weighted by molar-refractivity contribution is 5.80. The third kappa shape index (κ3) is 5.69. The van der Waals surface area contributed by atoms with E-state index >= 15 is 0 Å². The van der Waals surface area contributed by atoms with E-state index in [1.807, 2.05) is 0 Å². The number of hydrogen-bond acceptors (Lipinski definition) is 6. The highest BCUT2D eigenvalue weighted by Crippen LogP contribution is 2.45. The summed E-state index contributed by atoms with van der Waals surface area (Å²) in [6, 6.07) is 3.71. The summed E-state index contributed by atoms with van der Waals surface area (Å²) in [5.74, 6) is -3.88. The standard InChI is InChI=1S/C23H25F5N4O3/c1-12-30-15(8-16(33)32-22(2)10-23(27,28)11-22)17(21-34-6-7-35-21)20(31-12)29-9-13-4-3-5-14(18(13)24)19(25)26/h3-5,19,21H,6-11H2,1-2H3,(H,32,33)(H,29,30,31). The van der Waals surface area contributed by atoms with Gasteiger partial charge in [0, 0.05) is 30.5 Å². The van der Waals surface area contributed by atoms with E-state index in [1.54, 1.807) is 13.8 Å². The average Bonchev–Trinajstić information content (AvgIpc) is 3.24. The molecule has 1 amide bonds. The number of alkyl halides is 4. The molecular weight excluding hydrogens is 475 g/mol. The third-order valence-corrected chi connectivity index (χ3v) is 5.85. The van der Waals surface area contributed by atoms with Crippen LogP contribution < -0.4 is 10.6 Å². The van der Waals surface area contributed by atoms with Crippen molar-refractivity contribution < 1.29 is 36.2 Å². The molecule has 1 aromatic carbocycles. The molecule has 190 valence electrons. The Morgan fingerprint density at radius 3 is 2.51 bits per heavy atom. The molecule has 1 aliphatic carbocycles. The fourth-order valence-corrected chi connectivity index (χ4v) is 4.48. The Kier molecular flexibility index (Phi) is 6.96. The van der Waals surface area contributed by atoms with Gasteiger partial charge in [0.1, 0.15) is 17.5 Å². The highest BCUT2D eigenvalue weighted by Gasteiger charge is 2.54. The van der Waals surface area contributed by atoms with Crippen LogP contribution in [0.25, 0.3) is 0 Å². The minimum Gasteiger partial charge on any atom is -0.365 e. The van der Waals surface area contributed by atoms with Gasteiger partial charge in [0.2, 0.25) is 5.91 Å². The summed E-state index contributed by atoms with van der Waals surface area (Å²) in [5.41, 5.74) is -1.18. The zero-order chi connectivity index (χ0) is 25.4. The summed E-state index contributed by atoms with van der Waals surface area (Å²) in [7, 11) is 0. The van der Waals surface area contributed by atoms with Crippen molar-refractivity contribution in [3.8, 4) is 0 Å². The minimum atomic E-state index is -2.96. The van der Waals surface area contributed by atoms with Crippen molar-refractivity contribution in [3.05, 3.63) is 52.2 Å². The largest absolute Gasteiger partial charge is 0.365 e. The van der Waals surface area contributed by atoms with Crippen molar-refractivity contribution in [2.75, 3.05) is 18.5 Å². The van der Waals surface area contributed by atoms with Crippen molar-refractivity contribution in [1.29, 1.82) is 0 Å². The van der Waals surface area contributed by atoms with Gasteiger partial charge < -0.3 is 20.1 Å². The Morgan fingerprint density at radius 2 is 1.89 bits per heavy atom. The Hall–Kier alpha value is -2.86. The van der Waals surface area contributed by atoms with Crippen LogP contribution in [0.15, 0.2) is 18.2 Å². The van der Waals surface area contributed by atoms with E-state index in [1.165, 1.54) is 12.1 Å². The molecule has 1 saturated carbocycles. The molecule has 0 radical (unpaired) electrons. The number of halogens is 5. The minimum absolute atomic E-state index is 0.00333. The molecule has 1 saturated heterocycles. The maximum absolute atomic E-state index is 14.5. The SMILES string of the molecule is Cc1nc(CC(=O)NC2(C)CC(F)(F)C2)c(C2OCCO2)c(NCc2cccc(C(F)F)c2F)n1. The van der Waals surface area contributed by atoms with Gasteiger partial charge in [-0.1, -0.05) is 18.2 Å². The first kappa shape index (κ1) is 25.2. The number of carbonyl (C=O) groups is 1. The maximum Gasteiger partial charge on any atom is 0.266 e. The molecule has 12 heteroatoms. The van der Waals surface area contributed by atoms with Crippen LogP contribution in [-0.2, 0) is 27.2 Å². The monoisotopic (exact) mass is 500 g/mol. The molecule has 2 heterocycles. The van der Waals surface area contributed by atoms with Gasteiger partial charge in [0.05, 0.1) is 36.5 Å². The number of ether oxygens (including phenoxy) is 2. The molecule has 4 rings (SSSR count). The summed E-state index contributed by atoms with van der Waals surface area (Å²) in [6.07, 6.45) is -5.04. The lowest BCUT2D eigenvalue weighted by Gasteiger charge is -2.45. The van der Waals surface area contributed by atoms with Gasteiger partial charge in [0.15, 0.2) is 6.29 Å². The molecule has 0 spiro atoms. The number of aryl methyl sites for hydroxylation is 1. The lowest BCUT2D eigenvalue weighted by molar-refractivity contribution is -0.143. The van der Waals surface area contributed by atoms with Gasteiger partial charge >= 0.3 is 0 Å². The zero-order valence-electron chi connectivity index (χ0n) is 19.1. The van der Waals surface area contributed by atoms with Crippen LogP contribution in [0.4, 0.5) is 27.8 Å². The van der Waals surface area contributed by atoms with E-state index in [0.29, 0.717) is 5.56 Å². The molecule has 0 unspecified atom stereocenters. The van der Waals surface area contributed by atoms with Crippen molar-refractivity contribution in [2.45, 2.75) is 63.8 Å². The van der Waals surface area contributed by atoms with E-state index < -0.39 is 54.3 Å². The molecule has 2 aliphatic rings. The van der Waals surface area contributed by atoms with Gasteiger partial charge in [-0.05, 0) is 13.8 Å². The number of amides is 1. The van der Waals surface area contributed by atoms with Crippen molar-refractivity contribution >= 4 is 11.7 Å². The maximum atomic E-state index is 14.5. The molecule has 1 aromatic heterocycles. The number of anilines is 1. The second-order valence-electron chi connectivity index (χ2n) is 9.02. The van der Waals surface area contributed by atoms with Crippen LogP contribution in [0.2, 0.25) is 0 Å². The molecule has 1 aliphatic heterocycles. The van der Waals surface area contributed by atoms with E-state index in [-0.39, 0.29) is 49.1 Å². The van der Waals surface area contributed by atoms with Gasteiger partial charge in [-0.2, -0.15) is 0 Å². The first-order chi connectivity index (χ1) is 16.5. The number of nitrogens with zero attached hydrogens (tertiary/aromatic N) is 2. The molecule has 0 atom stereocenters. The van der Waals surface area contributed by atoms with Crippen LogP contribution in [0.1, 0.15) is 60.7 Å². The molecule has 35 heavy (non-hydrogen) atoms. The molecule has 2 fully saturated rings. The van der Waals surface area contributed by atoms with E-state index in [2.05, 4.69) is 20.6 Å². The van der Waals surface area contributed by atoms with Crippen LogP contribution in [0, 0.1) is 12.7 Å². The van der Waals surface area contributed by atoms with Crippen LogP contribution in [-0.4, -0.2) is 40.6 Å². The van der Waals surface area contributed by atoms with Crippen LogP contribution >= 0.6 is 0 Å². The summed E-state index contributed by atoms with van der Waals surface area (Å²) in [5, 5.41) is 5.56. The van der Waals surface area contributed by atoms with E-state index in [4.69, 9.17) is 9.47 Å². The third-order valence-electron chi connectivity index (χ3n) is 5.85. The van der Waals surface area contributed by atoms with Gasteiger partial charge in [-0.15, -0.1) is 0 Å². The molecule has 7 nitrogen and oxygen atoms in total. The fourth-order valence-electron chi connectivity index (χ4n) is 4.48. The zero-order valence-corrected chi connectivity index (χ0v) is 19.1. The number of rotatable bonds is 8. The summed E-state index contributed by atoms with van der Waals surface area (Å²) in [6.45, 7) is 3.51. The Morgan fingerprint density at radius 1 is 1.20 bits per heavy atom. The average molecular weight is 500 g/mol. The smallest absolute Gasteiger partial charge is 0.266 e. The summed E-state index contributed by atoms with van der Waals surface area (Å²) >= 11 is 0. The quantitative estimate of drug-likeness (QED) is 0.524. The van der Waals surface area contributed by atoms with Crippen LogP contribution in [0.5, 0.6) is 0 Å². The van der Waals surface area contributed by atoms with Gasteiger partial charge in [0.25, 0.3) is 12.3 Å². The molecular formula is C23H25F5N4O3. The van der Waals surface area contributed by atoms with Crippen molar-refractivity contribution in [3.63, 3.8) is 0 Å². The van der Waals surface area contributed by atoms with Crippen molar-refractivity contribution in [1.82, 2.24) is 15.3 Å². The Labute approximate surface area is 198 Å². The first-order valence-electron chi connectivity index (χ1n) is 11.1. The summed E-state index contributed by atoms with van der Waals surface area (Å²) in [4.78, 5) is 21.4. The lowest BCUT2D eigenvalue weighted by atomic mass is 9.75. The van der Waals surface area contributed by atoms with Crippen LogP contribution in [0.3, 0.4) is 0 Å². The van der Waals surface area contributed by atoms with Crippen molar-refractivity contribution in [2.24, 2.45) is 0 Å². The summed E-state index contributed by atoms with van der Waals surface area (Å²) < 4.78 is 78.4. The topological polar surface area (TPSA) is 85.4 Å². The second kappa shape index (κ2) is 9.65. The fraction of sp³-hybridized carbons (Fsp3) is 0.522. The number of hydrogen-bond donors (Lipinski definition) is 2. The van der Waals surface area contributed by atoms with Gasteiger partial charge in [-0.3, -0.25) is 4.79 Å². The number of benzene rings is 1. The van der Waals surface area contributed by atoms with E-state index in [9.17, 15) is 26.7 Å². The number of nitrogens with one attached hydrogen (secondary N) is 2. The first-order valence-corrected chi connectivity index (χ1v) is 11.1. The number of carbonyl (C=O) groups excluding carboxylic acids is 1. The predicted molar refractivity (Wildman–Crippen MR) is 115 cm³/mol. The Balaban J connectivity index is 1.58. The molecule has 2 aromatic rings.